The van der Waals surface area contributed by atoms with E-state index >= 15 is 0 Å². The summed E-state index contributed by atoms with van der Waals surface area (Å²) in [5, 5.41) is 12.3. The fraction of sp³-hybridized carbons (Fsp3) is 0.333. The fourth-order valence-corrected chi connectivity index (χ4v) is 2.25. The first-order chi connectivity index (χ1) is 8.75. The number of nitrogens with zero attached hydrogens (tertiary/aromatic N) is 2. The van der Waals surface area contributed by atoms with Gasteiger partial charge in [0.2, 0.25) is 5.95 Å². The maximum Gasteiger partial charge on any atom is 0.327 e. The number of aromatic amines is 1. The number of aromatic nitrogens is 2. The molecule has 1 aliphatic rings. The zero-order chi connectivity index (χ0) is 12.5. The maximum atomic E-state index is 11.2. The van der Waals surface area contributed by atoms with E-state index in [9.17, 15) is 9.90 Å². The largest absolute Gasteiger partial charge is 0.480 e. The van der Waals surface area contributed by atoms with Crippen LogP contribution in [0, 0.1) is 0 Å². The van der Waals surface area contributed by atoms with Gasteiger partial charge >= 0.3 is 5.97 Å². The normalized spacial score (nSPS) is 19.2. The fourth-order valence-electron chi connectivity index (χ4n) is 2.25. The quantitative estimate of drug-likeness (QED) is 0.761. The smallest absolute Gasteiger partial charge is 0.327 e. The SMILES string of the molecule is Cl.O=C(O)C1CNCCN1c1nc2ccccc2[nH]1. The highest BCUT2D eigenvalue weighted by molar-refractivity contribution is 5.85. The molecule has 1 unspecified atom stereocenters. The molecule has 1 fully saturated rings. The van der Waals surface area contributed by atoms with Crippen LogP contribution in [0.4, 0.5) is 5.95 Å². The maximum absolute atomic E-state index is 11.2. The van der Waals surface area contributed by atoms with Crippen LogP contribution in [-0.2, 0) is 4.79 Å². The first kappa shape index (κ1) is 13.6. The highest BCUT2D eigenvalue weighted by atomic mass is 35.5. The van der Waals surface area contributed by atoms with E-state index in [1.165, 1.54) is 0 Å². The Labute approximate surface area is 116 Å². The van der Waals surface area contributed by atoms with Gasteiger partial charge in [-0.2, -0.15) is 0 Å². The highest BCUT2D eigenvalue weighted by Gasteiger charge is 2.30. The number of nitrogens with one attached hydrogen (secondary N) is 2. The number of hydrogen-bond acceptors (Lipinski definition) is 4. The van der Waals surface area contributed by atoms with Crippen molar-refractivity contribution >= 4 is 35.4 Å². The number of rotatable bonds is 2. The molecule has 3 N–H and O–H groups in total. The Bertz CT molecular complexity index is 553. The summed E-state index contributed by atoms with van der Waals surface area (Å²) in [6.07, 6.45) is 0. The minimum atomic E-state index is -0.831. The number of aliphatic carboxylic acids is 1. The van der Waals surface area contributed by atoms with Crippen molar-refractivity contribution in [3.8, 4) is 0 Å². The number of hydrogen-bond donors (Lipinski definition) is 3. The lowest BCUT2D eigenvalue weighted by Crippen LogP contribution is -2.55. The molecule has 2 aromatic rings. The van der Waals surface area contributed by atoms with E-state index in [2.05, 4.69) is 15.3 Å². The summed E-state index contributed by atoms with van der Waals surface area (Å²) in [7, 11) is 0. The van der Waals surface area contributed by atoms with Crippen molar-refractivity contribution in [3.63, 3.8) is 0 Å². The molecule has 0 spiro atoms. The molecular weight excluding hydrogens is 268 g/mol. The van der Waals surface area contributed by atoms with E-state index in [1.807, 2.05) is 24.3 Å². The summed E-state index contributed by atoms with van der Waals surface area (Å²) >= 11 is 0. The minimum absolute atomic E-state index is 0. The number of para-hydroxylation sites is 2. The van der Waals surface area contributed by atoms with Gasteiger partial charge in [-0.05, 0) is 12.1 Å². The molecule has 7 heteroatoms. The number of piperazine rings is 1. The van der Waals surface area contributed by atoms with Crippen molar-refractivity contribution in [2.75, 3.05) is 24.5 Å². The standard InChI is InChI=1S/C12H14N4O2.ClH/c17-11(18)10-7-13-5-6-16(10)12-14-8-3-1-2-4-9(8)15-12;/h1-4,10,13H,5-7H2,(H,14,15)(H,17,18);1H. The molecule has 0 saturated carbocycles. The number of carboxylic acids is 1. The molecule has 1 saturated heterocycles. The van der Waals surface area contributed by atoms with Gasteiger partial charge in [0.15, 0.2) is 0 Å². The average molecular weight is 283 g/mol. The number of fused-ring (bicyclic) bond motifs is 1. The van der Waals surface area contributed by atoms with Crippen LogP contribution >= 0.6 is 12.4 Å². The van der Waals surface area contributed by atoms with E-state index in [0.29, 0.717) is 19.0 Å². The van der Waals surface area contributed by atoms with Crippen LogP contribution in [0.15, 0.2) is 24.3 Å². The van der Waals surface area contributed by atoms with Gasteiger partial charge in [0.25, 0.3) is 0 Å². The van der Waals surface area contributed by atoms with Crippen LogP contribution in [0.25, 0.3) is 11.0 Å². The number of H-pyrrole nitrogens is 1. The van der Waals surface area contributed by atoms with Crippen molar-refractivity contribution in [2.45, 2.75) is 6.04 Å². The number of benzene rings is 1. The molecule has 0 amide bonds. The van der Waals surface area contributed by atoms with Crippen molar-refractivity contribution in [2.24, 2.45) is 0 Å². The second kappa shape index (κ2) is 5.46. The summed E-state index contributed by atoms with van der Waals surface area (Å²) in [6, 6.07) is 7.12. The molecule has 1 aromatic carbocycles. The average Bonchev–Trinajstić information content (AvgIpc) is 2.82. The Kier molecular flexibility index (Phi) is 3.92. The number of carboxylic acid groups (broad SMARTS) is 1. The summed E-state index contributed by atoms with van der Waals surface area (Å²) in [5.41, 5.74) is 1.78. The molecule has 2 heterocycles. The highest BCUT2D eigenvalue weighted by Crippen LogP contribution is 2.19. The molecule has 0 radical (unpaired) electrons. The van der Waals surface area contributed by atoms with Crippen molar-refractivity contribution in [1.82, 2.24) is 15.3 Å². The topological polar surface area (TPSA) is 81.2 Å². The number of anilines is 1. The third-order valence-corrected chi connectivity index (χ3v) is 3.18. The van der Waals surface area contributed by atoms with E-state index in [4.69, 9.17) is 0 Å². The van der Waals surface area contributed by atoms with Crippen molar-refractivity contribution < 1.29 is 9.90 Å². The molecule has 1 aromatic heterocycles. The third kappa shape index (κ3) is 2.50. The van der Waals surface area contributed by atoms with Crippen LogP contribution in [-0.4, -0.2) is 46.7 Å². The number of carbonyl (C=O) groups is 1. The Hall–Kier alpha value is -1.79. The van der Waals surface area contributed by atoms with E-state index in [-0.39, 0.29) is 12.4 Å². The van der Waals surface area contributed by atoms with Gasteiger partial charge in [-0.3, -0.25) is 0 Å². The lowest BCUT2D eigenvalue weighted by Gasteiger charge is -2.33. The predicted octanol–water partition coefficient (Wildman–Crippen LogP) is 0.847. The first-order valence-corrected chi connectivity index (χ1v) is 5.90. The van der Waals surface area contributed by atoms with Gasteiger partial charge in [-0.1, -0.05) is 12.1 Å². The van der Waals surface area contributed by atoms with Gasteiger partial charge in [-0.25, -0.2) is 9.78 Å². The van der Waals surface area contributed by atoms with Gasteiger partial charge in [0.05, 0.1) is 11.0 Å². The molecule has 102 valence electrons. The lowest BCUT2D eigenvalue weighted by atomic mass is 10.2. The minimum Gasteiger partial charge on any atom is -0.480 e. The van der Waals surface area contributed by atoms with Crippen molar-refractivity contribution in [3.05, 3.63) is 24.3 Å². The first-order valence-electron chi connectivity index (χ1n) is 5.90. The molecule has 1 aliphatic heterocycles. The van der Waals surface area contributed by atoms with Gasteiger partial charge in [0, 0.05) is 19.6 Å². The Morgan fingerprint density at radius 1 is 1.42 bits per heavy atom. The Morgan fingerprint density at radius 3 is 2.95 bits per heavy atom. The molecule has 3 rings (SSSR count). The predicted molar refractivity (Wildman–Crippen MR) is 75.0 cm³/mol. The van der Waals surface area contributed by atoms with E-state index in [0.717, 1.165) is 17.6 Å². The number of halogens is 1. The lowest BCUT2D eigenvalue weighted by molar-refractivity contribution is -0.138. The summed E-state index contributed by atoms with van der Waals surface area (Å²) in [6.45, 7) is 1.84. The summed E-state index contributed by atoms with van der Waals surface area (Å²) in [4.78, 5) is 20.7. The zero-order valence-electron chi connectivity index (χ0n) is 10.2. The molecule has 1 atom stereocenters. The van der Waals surface area contributed by atoms with Crippen LogP contribution in [0.3, 0.4) is 0 Å². The Balaban J connectivity index is 0.00000133. The van der Waals surface area contributed by atoms with Gasteiger partial charge in [0.1, 0.15) is 6.04 Å². The summed E-state index contributed by atoms with van der Waals surface area (Å²) < 4.78 is 0. The number of imidazole rings is 1. The van der Waals surface area contributed by atoms with E-state index in [1.54, 1.807) is 4.90 Å². The molecule has 0 aliphatic carbocycles. The molecule has 0 bridgehead atoms. The Morgan fingerprint density at radius 2 is 2.21 bits per heavy atom. The van der Waals surface area contributed by atoms with Crippen LogP contribution in [0.1, 0.15) is 0 Å². The van der Waals surface area contributed by atoms with Crippen LogP contribution < -0.4 is 10.2 Å². The zero-order valence-corrected chi connectivity index (χ0v) is 11.0. The van der Waals surface area contributed by atoms with Crippen LogP contribution in [0.5, 0.6) is 0 Å². The molecule has 19 heavy (non-hydrogen) atoms. The second-order valence-corrected chi connectivity index (χ2v) is 4.33. The third-order valence-electron chi connectivity index (χ3n) is 3.18. The van der Waals surface area contributed by atoms with Gasteiger partial charge < -0.3 is 20.3 Å². The monoisotopic (exact) mass is 282 g/mol. The second-order valence-electron chi connectivity index (χ2n) is 4.33. The summed E-state index contributed by atoms with van der Waals surface area (Å²) in [5.74, 6) is -0.201. The molecule has 6 nitrogen and oxygen atoms in total. The van der Waals surface area contributed by atoms with Crippen molar-refractivity contribution in [1.29, 1.82) is 0 Å². The van der Waals surface area contributed by atoms with Gasteiger partial charge in [-0.15, -0.1) is 12.4 Å². The van der Waals surface area contributed by atoms with Crippen LogP contribution in [0.2, 0.25) is 0 Å². The molecular formula is C12H15ClN4O2. The van der Waals surface area contributed by atoms with E-state index < -0.39 is 12.0 Å².